The minimum absolute atomic E-state index is 0.0774. The van der Waals surface area contributed by atoms with Gasteiger partial charge in [0.05, 0.1) is 12.1 Å². The molecule has 0 aliphatic rings. The predicted octanol–water partition coefficient (Wildman–Crippen LogP) is 4.43. The number of ether oxygens (including phenoxy) is 1. The third-order valence-electron chi connectivity index (χ3n) is 6.44. The summed E-state index contributed by atoms with van der Waals surface area (Å²) < 4.78 is 33.4. The third-order valence-corrected chi connectivity index (χ3v) is 6.44. The highest BCUT2D eigenvalue weighted by Gasteiger charge is 2.25. The Morgan fingerprint density at radius 2 is 1.70 bits per heavy atom. The molecule has 0 fully saturated rings. The van der Waals surface area contributed by atoms with Crippen LogP contribution in [0.3, 0.4) is 0 Å². The van der Waals surface area contributed by atoms with Gasteiger partial charge in [-0.15, -0.1) is 6.42 Å². The van der Waals surface area contributed by atoms with Gasteiger partial charge in [0.1, 0.15) is 17.7 Å². The lowest BCUT2D eigenvalue weighted by Gasteiger charge is -2.25. The van der Waals surface area contributed by atoms with E-state index in [2.05, 4.69) is 24.2 Å². The molecule has 210 valence electrons. The van der Waals surface area contributed by atoms with Gasteiger partial charge >= 0.3 is 5.97 Å². The van der Waals surface area contributed by atoms with Crippen molar-refractivity contribution in [3.63, 3.8) is 0 Å². The summed E-state index contributed by atoms with van der Waals surface area (Å²) in [6.45, 7) is 4.67. The highest BCUT2D eigenvalue weighted by Crippen LogP contribution is 2.17. The maximum absolute atomic E-state index is 13.8. The molecule has 6 nitrogen and oxygen atoms in total. The van der Waals surface area contributed by atoms with Crippen molar-refractivity contribution < 1.29 is 23.1 Å². The van der Waals surface area contributed by atoms with Crippen molar-refractivity contribution in [2.75, 3.05) is 20.1 Å². The summed E-state index contributed by atoms with van der Waals surface area (Å²) in [7, 11) is 1.58. The van der Waals surface area contributed by atoms with E-state index in [0.717, 1.165) is 18.1 Å². The lowest BCUT2D eigenvalue weighted by atomic mass is 10.0. The number of nitrogens with two attached hydrogens (primary N) is 1. The zero-order valence-electron chi connectivity index (χ0n) is 23.0. The van der Waals surface area contributed by atoms with Crippen LogP contribution in [-0.4, -0.2) is 49.1 Å². The van der Waals surface area contributed by atoms with Gasteiger partial charge < -0.3 is 20.7 Å². The van der Waals surface area contributed by atoms with E-state index in [4.69, 9.17) is 16.9 Å². The number of hydrogen-bond acceptors (Lipinski definition) is 5. The van der Waals surface area contributed by atoms with Gasteiger partial charge in [-0.25, -0.2) is 13.6 Å². The monoisotopic (exact) mass is 547 g/mol. The van der Waals surface area contributed by atoms with Gasteiger partial charge in [0.25, 0.3) is 5.91 Å². The van der Waals surface area contributed by atoms with Crippen LogP contribution >= 0.6 is 0 Å². The molecule has 0 saturated carbocycles. The number of amides is 1. The summed E-state index contributed by atoms with van der Waals surface area (Å²) in [5.41, 5.74) is 10.2. The van der Waals surface area contributed by atoms with Crippen molar-refractivity contribution in [2.45, 2.75) is 45.4 Å². The molecule has 0 aliphatic carbocycles. The molecule has 0 aliphatic heterocycles. The van der Waals surface area contributed by atoms with Crippen LogP contribution in [0.15, 0.2) is 60.7 Å². The number of carbonyl (C=O) groups is 2. The molecule has 8 heteroatoms. The number of terminal acetylenes is 1. The van der Waals surface area contributed by atoms with Crippen molar-refractivity contribution in [3.05, 3.63) is 106 Å². The summed E-state index contributed by atoms with van der Waals surface area (Å²) in [5.74, 6) is 0.00119. The van der Waals surface area contributed by atoms with Crippen LogP contribution in [0.2, 0.25) is 0 Å². The molecule has 0 radical (unpaired) electrons. The molecule has 0 spiro atoms. The van der Waals surface area contributed by atoms with Crippen molar-refractivity contribution in [3.8, 4) is 12.3 Å². The Labute approximate surface area is 234 Å². The Bertz CT molecular complexity index is 1370. The predicted molar refractivity (Wildman–Crippen MR) is 152 cm³/mol. The highest BCUT2D eigenvalue weighted by atomic mass is 19.1. The molecule has 0 heterocycles. The number of aryl methyl sites for hydroxylation is 2. The Morgan fingerprint density at radius 1 is 1.02 bits per heavy atom. The number of rotatable bonds is 12. The first kappa shape index (κ1) is 30.5. The average molecular weight is 548 g/mol. The fourth-order valence-electron chi connectivity index (χ4n) is 4.39. The highest BCUT2D eigenvalue weighted by molar-refractivity contribution is 5.98. The summed E-state index contributed by atoms with van der Waals surface area (Å²) in [4.78, 5) is 27.4. The van der Waals surface area contributed by atoms with Crippen LogP contribution < -0.4 is 11.1 Å². The molecule has 3 N–H and O–H groups in total. The molecule has 0 unspecified atom stereocenters. The molecular formula is C32H35F2N3O3. The molecule has 0 saturated heterocycles. The maximum Gasteiger partial charge on any atom is 0.338 e. The first-order chi connectivity index (χ1) is 19.1. The van der Waals surface area contributed by atoms with Crippen LogP contribution in [0.25, 0.3) is 0 Å². The fraction of sp³-hybridized carbons (Fsp3) is 0.312. The van der Waals surface area contributed by atoms with Gasteiger partial charge in [-0.05, 0) is 72.4 Å². The zero-order chi connectivity index (χ0) is 29.2. The molecular weight excluding hydrogens is 512 g/mol. The summed E-state index contributed by atoms with van der Waals surface area (Å²) in [6.07, 6.45) is 5.47. The second-order valence-electron chi connectivity index (χ2n) is 9.85. The lowest BCUT2D eigenvalue weighted by molar-refractivity contribution is 0.0238. The largest absolute Gasteiger partial charge is 0.456 e. The standard InChI is InChI=1S/C32H35F2N3O3/c1-5-10-37(4)31(38)25-11-21(3)12-26(17-25)32(39)40-30(20-36-19-23-9-7-8-22(6-2)13-23)29(35)16-24-14-27(33)18-28(34)15-24/h1,7-9,11-15,17-18,29-30,36H,6,10,16,19-20,35H2,2-4H3/t29-,30+/m0/s1. The first-order valence-electron chi connectivity index (χ1n) is 13.1. The van der Waals surface area contributed by atoms with E-state index < -0.39 is 29.7 Å². The molecule has 0 bridgehead atoms. The number of nitrogens with zero attached hydrogens (tertiary/aromatic N) is 1. The van der Waals surface area contributed by atoms with Crippen LogP contribution in [0.1, 0.15) is 49.9 Å². The third kappa shape index (κ3) is 8.73. The van der Waals surface area contributed by atoms with E-state index in [1.165, 1.54) is 28.7 Å². The first-order valence-corrected chi connectivity index (χ1v) is 13.1. The Morgan fingerprint density at radius 3 is 2.38 bits per heavy atom. The van der Waals surface area contributed by atoms with Gasteiger partial charge in [0.15, 0.2) is 0 Å². The number of benzene rings is 3. The molecule has 40 heavy (non-hydrogen) atoms. The van der Waals surface area contributed by atoms with Crippen LogP contribution in [0.4, 0.5) is 8.78 Å². The van der Waals surface area contributed by atoms with E-state index in [0.29, 0.717) is 23.2 Å². The maximum atomic E-state index is 13.8. The van der Waals surface area contributed by atoms with Gasteiger partial charge in [-0.1, -0.05) is 37.1 Å². The van der Waals surface area contributed by atoms with Crippen molar-refractivity contribution in [1.82, 2.24) is 10.2 Å². The number of halogens is 2. The van der Waals surface area contributed by atoms with Gasteiger partial charge in [0.2, 0.25) is 0 Å². The summed E-state index contributed by atoms with van der Waals surface area (Å²) in [6, 6.07) is 15.3. The summed E-state index contributed by atoms with van der Waals surface area (Å²) >= 11 is 0. The van der Waals surface area contributed by atoms with E-state index in [1.54, 1.807) is 26.1 Å². The molecule has 3 aromatic carbocycles. The number of carbonyl (C=O) groups excluding carboxylic acids is 2. The topological polar surface area (TPSA) is 84.7 Å². The SMILES string of the molecule is C#CCN(C)C(=O)c1cc(C)cc(C(=O)O[C@H](CNCc2cccc(CC)c2)[C@@H](N)Cc2cc(F)cc(F)c2)c1. The Balaban J connectivity index is 1.80. The number of hydrogen-bond donors (Lipinski definition) is 2. The minimum Gasteiger partial charge on any atom is -0.456 e. The van der Waals surface area contributed by atoms with E-state index in [9.17, 15) is 18.4 Å². The smallest absolute Gasteiger partial charge is 0.338 e. The average Bonchev–Trinajstić information content (AvgIpc) is 2.91. The molecule has 3 aromatic rings. The lowest BCUT2D eigenvalue weighted by Crippen LogP contribution is -2.46. The van der Waals surface area contributed by atoms with Gasteiger partial charge in [-0.2, -0.15) is 0 Å². The Hall–Kier alpha value is -4.06. The second-order valence-corrected chi connectivity index (χ2v) is 9.85. The van der Waals surface area contributed by atoms with Gasteiger partial charge in [-0.3, -0.25) is 4.79 Å². The normalized spacial score (nSPS) is 12.3. The number of esters is 1. The second kappa shape index (κ2) is 14.4. The zero-order valence-corrected chi connectivity index (χ0v) is 23.0. The molecule has 0 aromatic heterocycles. The van der Waals surface area contributed by atoms with E-state index in [1.807, 2.05) is 18.2 Å². The van der Waals surface area contributed by atoms with Crippen LogP contribution in [0.5, 0.6) is 0 Å². The number of nitrogens with one attached hydrogen (secondary N) is 1. The van der Waals surface area contributed by atoms with Gasteiger partial charge in [0, 0.05) is 37.8 Å². The Kier molecular flexibility index (Phi) is 10.9. The van der Waals surface area contributed by atoms with Crippen molar-refractivity contribution in [2.24, 2.45) is 5.73 Å². The molecule has 3 rings (SSSR count). The minimum atomic E-state index is -0.836. The fourth-order valence-corrected chi connectivity index (χ4v) is 4.39. The van der Waals surface area contributed by atoms with E-state index in [-0.39, 0.29) is 31.0 Å². The van der Waals surface area contributed by atoms with Crippen LogP contribution in [0, 0.1) is 30.9 Å². The van der Waals surface area contributed by atoms with E-state index >= 15 is 0 Å². The molecule has 1 amide bonds. The van der Waals surface area contributed by atoms with Crippen molar-refractivity contribution in [1.29, 1.82) is 0 Å². The van der Waals surface area contributed by atoms with Crippen molar-refractivity contribution >= 4 is 11.9 Å². The van der Waals surface area contributed by atoms with Crippen LogP contribution in [-0.2, 0) is 24.1 Å². The summed E-state index contributed by atoms with van der Waals surface area (Å²) in [5, 5.41) is 3.28. The molecule has 2 atom stereocenters. The quantitative estimate of drug-likeness (QED) is 0.259.